The van der Waals surface area contributed by atoms with Gasteiger partial charge in [0.15, 0.2) is 0 Å². The Morgan fingerprint density at radius 2 is 1.35 bits per heavy atom. The standard InChI is InChI=1S/C13H11BrO2S/c14-10-11-6-8-13(9-7-11)17(15,16)12-4-2-1-3-5-12/h1-9H,10H2. The van der Waals surface area contributed by atoms with Gasteiger partial charge in [0.05, 0.1) is 9.79 Å². The minimum Gasteiger partial charge on any atom is -0.219 e. The normalized spacial score (nSPS) is 11.4. The van der Waals surface area contributed by atoms with Crippen LogP contribution in [0.15, 0.2) is 64.4 Å². The van der Waals surface area contributed by atoms with Crippen molar-refractivity contribution >= 4 is 25.8 Å². The van der Waals surface area contributed by atoms with Crippen molar-refractivity contribution in [3.05, 3.63) is 60.2 Å². The fourth-order valence-electron chi connectivity index (χ4n) is 1.49. The zero-order chi connectivity index (χ0) is 12.3. The van der Waals surface area contributed by atoms with E-state index >= 15 is 0 Å². The lowest BCUT2D eigenvalue weighted by atomic mass is 10.2. The second-order valence-electron chi connectivity index (χ2n) is 3.59. The molecule has 0 N–H and O–H groups in total. The van der Waals surface area contributed by atoms with Gasteiger partial charge in [0.1, 0.15) is 0 Å². The highest BCUT2D eigenvalue weighted by molar-refractivity contribution is 9.08. The first-order valence-corrected chi connectivity index (χ1v) is 7.70. The molecule has 0 heterocycles. The summed E-state index contributed by atoms with van der Waals surface area (Å²) in [6, 6.07) is 15.3. The molecular weight excluding hydrogens is 300 g/mol. The summed E-state index contributed by atoms with van der Waals surface area (Å²) in [5.41, 5.74) is 1.05. The van der Waals surface area contributed by atoms with Gasteiger partial charge in [-0.2, -0.15) is 0 Å². The van der Waals surface area contributed by atoms with E-state index in [1.807, 2.05) is 12.1 Å². The first-order valence-electron chi connectivity index (χ1n) is 5.09. The van der Waals surface area contributed by atoms with Crippen LogP contribution in [0.4, 0.5) is 0 Å². The molecule has 0 unspecified atom stereocenters. The van der Waals surface area contributed by atoms with Gasteiger partial charge in [0.25, 0.3) is 0 Å². The number of benzene rings is 2. The smallest absolute Gasteiger partial charge is 0.206 e. The van der Waals surface area contributed by atoms with Crippen molar-refractivity contribution in [1.29, 1.82) is 0 Å². The highest BCUT2D eigenvalue weighted by Gasteiger charge is 2.16. The van der Waals surface area contributed by atoms with E-state index in [1.165, 1.54) is 0 Å². The number of hydrogen-bond acceptors (Lipinski definition) is 2. The Bertz CT molecular complexity index is 589. The van der Waals surface area contributed by atoms with Gasteiger partial charge in [-0.3, -0.25) is 0 Å². The SMILES string of the molecule is O=S(=O)(c1ccccc1)c1ccc(CBr)cc1. The number of alkyl halides is 1. The van der Waals surface area contributed by atoms with E-state index in [1.54, 1.807) is 42.5 Å². The molecule has 2 aromatic carbocycles. The number of hydrogen-bond donors (Lipinski definition) is 0. The molecule has 0 saturated heterocycles. The summed E-state index contributed by atoms with van der Waals surface area (Å²) < 4.78 is 24.4. The molecule has 0 spiro atoms. The Morgan fingerprint density at radius 3 is 1.88 bits per heavy atom. The summed E-state index contributed by atoms with van der Waals surface area (Å²) >= 11 is 3.33. The predicted octanol–water partition coefficient (Wildman–Crippen LogP) is 3.41. The molecule has 0 amide bonds. The van der Waals surface area contributed by atoms with Crippen LogP contribution in [0.5, 0.6) is 0 Å². The van der Waals surface area contributed by atoms with Crippen molar-refractivity contribution < 1.29 is 8.42 Å². The van der Waals surface area contributed by atoms with Crippen LogP contribution < -0.4 is 0 Å². The Balaban J connectivity index is 2.45. The summed E-state index contributed by atoms with van der Waals surface area (Å²) in [6.07, 6.45) is 0. The van der Waals surface area contributed by atoms with Gasteiger partial charge in [-0.05, 0) is 29.8 Å². The van der Waals surface area contributed by atoms with E-state index in [4.69, 9.17) is 0 Å². The Morgan fingerprint density at radius 1 is 0.824 bits per heavy atom. The van der Waals surface area contributed by atoms with E-state index in [-0.39, 0.29) is 0 Å². The van der Waals surface area contributed by atoms with E-state index in [2.05, 4.69) is 15.9 Å². The van der Waals surface area contributed by atoms with E-state index in [0.717, 1.165) is 10.9 Å². The zero-order valence-corrected chi connectivity index (χ0v) is 11.4. The van der Waals surface area contributed by atoms with Crippen molar-refractivity contribution in [1.82, 2.24) is 0 Å². The predicted molar refractivity (Wildman–Crippen MR) is 71.0 cm³/mol. The average Bonchev–Trinajstić information content (AvgIpc) is 2.40. The lowest BCUT2D eigenvalue weighted by molar-refractivity contribution is 0.596. The van der Waals surface area contributed by atoms with Gasteiger partial charge < -0.3 is 0 Å². The van der Waals surface area contributed by atoms with Gasteiger partial charge in [-0.25, -0.2) is 8.42 Å². The average molecular weight is 311 g/mol. The van der Waals surface area contributed by atoms with Crippen molar-refractivity contribution in [3.8, 4) is 0 Å². The lowest BCUT2D eigenvalue weighted by Crippen LogP contribution is -2.01. The third-order valence-electron chi connectivity index (χ3n) is 2.44. The first kappa shape index (κ1) is 12.3. The van der Waals surface area contributed by atoms with Crippen LogP contribution in [-0.2, 0) is 15.2 Å². The van der Waals surface area contributed by atoms with Crippen molar-refractivity contribution in [2.75, 3.05) is 0 Å². The summed E-state index contributed by atoms with van der Waals surface area (Å²) in [4.78, 5) is 0.653. The summed E-state index contributed by atoms with van der Waals surface area (Å²) in [5, 5.41) is 0.721. The van der Waals surface area contributed by atoms with Crippen LogP contribution in [0, 0.1) is 0 Å². The van der Waals surface area contributed by atoms with E-state index < -0.39 is 9.84 Å². The maximum Gasteiger partial charge on any atom is 0.206 e. The molecule has 0 aliphatic heterocycles. The molecular formula is C13H11BrO2S. The van der Waals surface area contributed by atoms with E-state index in [9.17, 15) is 8.42 Å². The number of sulfone groups is 1. The third kappa shape index (κ3) is 2.58. The quantitative estimate of drug-likeness (QED) is 0.814. The van der Waals surface area contributed by atoms with Gasteiger partial charge in [0, 0.05) is 5.33 Å². The molecule has 4 heteroatoms. The summed E-state index contributed by atoms with van der Waals surface area (Å²) in [7, 11) is -3.38. The Hall–Kier alpha value is -1.13. The second kappa shape index (κ2) is 5.02. The molecule has 2 nitrogen and oxygen atoms in total. The highest BCUT2D eigenvalue weighted by Crippen LogP contribution is 2.21. The third-order valence-corrected chi connectivity index (χ3v) is 4.87. The van der Waals surface area contributed by atoms with Crippen molar-refractivity contribution in [2.24, 2.45) is 0 Å². The van der Waals surface area contributed by atoms with E-state index in [0.29, 0.717) is 9.79 Å². The minimum atomic E-state index is -3.38. The minimum absolute atomic E-state index is 0.326. The molecule has 17 heavy (non-hydrogen) atoms. The van der Waals surface area contributed by atoms with Crippen LogP contribution in [0.3, 0.4) is 0 Å². The number of rotatable bonds is 3. The fourth-order valence-corrected chi connectivity index (χ4v) is 3.15. The lowest BCUT2D eigenvalue weighted by Gasteiger charge is -2.04. The van der Waals surface area contributed by atoms with Crippen LogP contribution in [-0.4, -0.2) is 8.42 Å². The summed E-state index contributed by atoms with van der Waals surface area (Å²) in [6.45, 7) is 0. The zero-order valence-electron chi connectivity index (χ0n) is 9.01. The fraction of sp³-hybridized carbons (Fsp3) is 0.0769. The first-order chi connectivity index (χ1) is 8.14. The van der Waals surface area contributed by atoms with Gasteiger partial charge >= 0.3 is 0 Å². The van der Waals surface area contributed by atoms with Crippen LogP contribution in [0.1, 0.15) is 5.56 Å². The Labute approximate surface area is 109 Å². The van der Waals surface area contributed by atoms with Crippen LogP contribution in [0.2, 0.25) is 0 Å². The molecule has 0 fully saturated rings. The molecule has 0 aliphatic carbocycles. The molecule has 88 valence electrons. The Kier molecular flexibility index (Phi) is 3.64. The molecule has 0 radical (unpaired) electrons. The van der Waals surface area contributed by atoms with Crippen molar-refractivity contribution in [3.63, 3.8) is 0 Å². The van der Waals surface area contributed by atoms with Gasteiger partial charge in [-0.15, -0.1) is 0 Å². The topological polar surface area (TPSA) is 34.1 Å². The molecule has 0 aliphatic rings. The molecule has 2 rings (SSSR count). The van der Waals surface area contributed by atoms with Crippen molar-refractivity contribution in [2.45, 2.75) is 15.1 Å². The highest BCUT2D eigenvalue weighted by atomic mass is 79.9. The maximum atomic E-state index is 12.2. The molecule has 2 aromatic rings. The molecule has 0 aromatic heterocycles. The number of halogens is 1. The molecule has 0 saturated carbocycles. The maximum absolute atomic E-state index is 12.2. The van der Waals surface area contributed by atoms with Crippen LogP contribution in [0.25, 0.3) is 0 Å². The largest absolute Gasteiger partial charge is 0.219 e. The monoisotopic (exact) mass is 310 g/mol. The molecule has 0 bridgehead atoms. The van der Waals surface area contributed by atoms with Crippen LogP contribution >= 0.6 is 15.9 Å². The summed E-state index contributed by atoms with van der Waals surface area (Å²) in [5.74, 6) is 0. The van der Waals surface area contributed by atoms with Gasteiger partial charge in [0.2, 0.25) is 9.84 Å². The van der Waals surface area contributed by atoms with Gasteiger partial charge in [-0.1, -0.05) is 46.3 Å². The molecule has 0 atom stereocenters. The second-order valence-corrected chi connectivity index (χ2v) is 6.10.